The fourth-order valence-corrected chi connectivity index (χ4v) is 5.44. The summed E-state index contributed by atoms with van der Waals surface area (Å²) in [5.74, 6) is 0.614. The Morgan fingerprint density at radius 3 is 2.79 bits per heavy atom. The van der Waals surface area contributed by atoms with Gasteiger partial charge in [0.25, 0.3) is 5.91 Å². The molecule has 4 rings (SSSR count). The van der Waals surface area contributed by atoms with Crippen molar-refractivity contribution in [2.45, 2.75) is 13.0 Å². The molecule has 2 aromatic carbocycles. The molecule has 5 nitrogen and oxygen atoms in total. The zero-order valence-electron chi connectivity index (χ0n) is 17.9. The van der Waals surface area contributed by atoms with Crippen molar-refractivity contribution in [3.05, 3.63) is 68.6 Å². The van der Waals surface area contributed by atoms with Crippen molar-refractivity contribution in [3.8, 4) is 5.75 Å². The van der Waals surface area contributed by atoms with Crippen molar-refractivity contribution in [1.29, 1.82) is 0 Å². The van der Waals surface area contributed by atoms with E-state index in [2.05, 4.69) is 38.8 Å². The molecular weight excluding hydrogens is 544 g/mol. The molecule has 1 fully saturated rings. The van der Waals surface area contributed by atoms with Gasteiger partial charge >= 0.3 is 0 Å². The molecule has 1 aliphatic rings. The van der Waals surface area contributed by atoms with E-state index in [1.165, 1.54) is 11.8 Å². The monoisotopic (exact) mass is 564 g/mol. The molecule has 1 amide bonds. The summed E-state index contributed by atoms with van der Waals surface area (Å²) in [6.07, 6.45) is 4.82. The number of aromatic nitrogens is 1. The summed E-state index contributed by atoms with van der Waals surface area (Å²) in [5, 5.41) is 1.68. The van der Waals surface area contributed by atoms with Crippen LogP contribution in [0.2, 0.25) is 5.02 Å². The number of aryl methyl sites for hydroxylation is 1. The van der Waals surface area contributed by atoms with E-state index in [-0.39, 0.29) is 5.91 Å². The van der Waals surface area contributed by atoms with Gasteiger partial charge in [-0.25, -0.2) is 0 Å². The summed E-state index contributed by atoms with van der Waals surface area (Å²) in [6, 6.07) is 13.6. The van der Waals surface area contributed by atoms with Gasteiger partial charge in [-0.2, -0.15) is 0 Å². The standard InChI is InChI=1S/C24H22BrClN2O3S2/c1-30-12-10-28-23(29)22(33-24(28)32)13-16-15-27(20-8-7-17(25)14-18(16)20)9-4-11-31-21-6-3-2-5-19(21)26/h2-3,5-8,13-15H,4,9-12H2,1H3/b22-13-. The lowest BCUT2D eigenvalue weighted by Gasteiger charge is -2.12. The molecule has 1 aromatic heterocycles. The van der Waals surface area contributed by atoms with E-state index in [9.17, 15) is 4.79 Å². The number of thioether (sulfide) groups is 1. The van der Waals surface area contributed by atoms with E-state index in [1.807, 2.05) is 36.4 Å². The Kier molecular flexibility index (Phi) is 8.14. The van der Waals surface area contributed by atoms with Gasteiger partial charge in [-0.3, -0.25) is 9.69 Å². The molecule has 0 saturated carbocycles. The molecule has 0 bridgehead atoms. The topological polar surface area (TPSA) is 43.7 Å². The maximum absolute atomic E-state index is 12.9. The predicted octanol–water partition coefficient (Wildman–Crippen LogP) is 6.37. The number of thiocarbonyl (C=S) groups is 1. The molecule has 1 saturated heterocycles. The number of benzene rings is 2. The number of carbonyl (C=O) groups excluding carboxylic acids is 1. The maximum atomic E-state index is 12.9. The Balaban J connectivity index is 1.53. The fraction of sp³-hybridized carbons (Fsp3) is 0.250. The van der Waals surface area contributed by atoms with E-state index >= 15 is 0 Å². The minimum atomic E-state index is -0.0777. The SMILES string of the molecule is COCCN1C(=O)/C(=C/c2cn(CCCOc3ccccc3Cl)c3ccc(Br)cc23)SC1=S. The lowest BCUT2D eigenvalue weighted by atomic mass is 10.1. The number of nitrogens with zero attached hydrogens (tertiary/aromatic N) is 2. The summed E-state index contributed by atoms with van der Waals surface area (Å²) in [4.78, 5) is 15.1. The van der Waals surface area contributed by atoms with Gasteiger partial charge in [0.1, 0.15) is 10.1 Å². The first-order valence-electron chi connectivity index (χ1n) is 10.4. The van der Waals surface area contributed by atoms with Crippen molar-refractivity contribution in [1.82, 2.24) is 9.47 Å². The second-order valence-electron chi connectivity index (χ2n) is 7.40. The summed E-state index contributed by atoms with van der Waals surface area (Å²) in [7, 11) is 1.61. The molecule has 172 valence electrons. The number of para-hydroxylation sites is 1. The van der Waals surface area contributed by atoms with Crippen LogP contribution in [0.1, 0.15) is 12.0 Å². The third kappa shape index (κ3) is 5.63. The lowest BCUT2D eigenvalue weighted by molar-refractivity contribution is -0.122. The number of halogens is 2. The molecule has 0 aliphatic carbocycles. The molecule has 33 heavy (non-hydrogen) atoms. The minimum absolute atomic E-state index is 0.0777. The molecule has 0 spiro atoms. The largest absolute Gasteiger partial charge is 0.492 e. The van der Waals surface area contributed by atoms with E-state index in [0.717, 1.165) is 33.9 Å². The normalized spacial score (nSPS) is 15.2. The average Bonchev–Trinajstić information content (AvgIpc) is 3.27. The second-order valence-corrected chi connectivity index (χ2v) is 10.4. The number of methoxy groups -OCH3 is 1. The van der Waals surface area contributed by atoms with Crippen LogP contribution in [0.15, 0.2) is 58.0 Å². The second kappa shape index (κ2) is 11.1. The fourth-order valence-electron chi connectivity index (χ4n) is 3.59. The number of amides is 1. The lowest BCUT2D eigenvalue weighted by Crippen LogP contribution is -2.31. The summed E-state index contributed by atoms with van der Waals surface area (Å²) in [6.45, 7) is 2.22. The van der Waals surface area contributed by atoms with Gasteiger partial charge in [0.2, 0.25) is 0 Å². The molecule has 3 aromatic rings. The summed E-state index contributed by atoms with van der Waals surface area (Å²) < 4.78 is 14.7. The molecule has 0 atom stereocenters. The van der Waals surface area contributed by atoms with Gasteiger partial charge in [-0.15, -0.1) is 0 Å². The minimum Gasteiger partial charge on any atom is -0.492 e. The van der Waals surface area contributed by atoms with Crippen LogP contribution in [0, 0.1) is 0 Å². The maximum Gasteiger partial charge on any atom is 0.266 e. The Hall–Kier alpha value is -1.84. The van der Waals surface area contributed by atoms with Gasteiger partial charge in [-0.1, -0.05) is 63.6 Å². The Bertz CT molecular complexity index is 1230. The van der Waals surface area contributed by atoms with Crippen LogP contribution >= 0.6 is 51.5 Å². The number of carbonyl (C=O) groups is 1. The Morgan fingerprint density at radius 1 is 1.18 bits per heavy atom. The number of ether oxygens (including phenoxy) is 2. The number of hydrogen-bond donors (Lipinski definition) is 0. The van der Waals surface area contributed by atoms with Crippen molar-refractivity contribution in [2.24, 2.45) is 0 Å². The number of rotatable bonds is 9. The van der Waals surface area contributed by atoms with Crippen molar-refractivity contribution in [2.75, 3.05) is 26.9 Å². The summed E-state index contributed by atoms with van der Waals surface area (Å²) in [5.41, 5.74) is 2.07. The first-order valence-corrected chi connectivity index (χ1v) is 12.8. The van der Waals surface area contributed by atoms with Crippen LogP contribution in [0.3, 0.4) is 0 Å². The third-order valence-corrected chi connectivity index (χ3v) is 7.37. The quantitative estimate of drug-likeness (QED) is 0.171. The van der Waals surface area contributed by atoms with Crippen molar-refractivity contribution >= 4 is 78.7 Å². The van der Waals surface area contributed by atoms with Gasteiger partial charge in [0.15, 0.2) is 0 Å². The van der Waals surface area contributed by atoms with Crippen LogP contribution in [0.5, 0.6) is 5.75 Å². The van der Waals surface area contributed by atoms with Gasteiger partial charge in [0.05, 0.1) is 29.7 Å². The van der Waals surface area contributed by atoms with Crippen molar-refractivity contribution in [3.63, 3.8) is 0 Å². The highest BCUT2D eigenvalue weighted by Gasteiger charge is 2.31. The highest BCUT2D eigenvalue weighted by atomic mass is 79.9. The first-order chi connectivity index (χ1) is 16.0. The molecule has 1 aliphatic heterocycles. The van der Waals surface area contributed by atoms with E-state index < -0.39 is 0 Å². The van der Waals surface area contributed by atoms with Gasteiger partial charge in [-0.05, 0) is 42.8 Å². The Labute approximate surface area is 215 Å². The zero-order chi connectivity index (χ0) is 23.4. The van der Waals surface area contributed by atoms with Crippen LogP contribution in [0.4, 0.5) is 0 Å². The predicted molar refractivity (Wildman–Crippen MR) is 143 cm³/mol. The number of fused-ring (bicyclic) bond motifs is 1. The van der Waals surface area contributed by atoms with Crippen molar-refractivity contribution < 1.29 is 14.3 Å². The van der Waals surface area contributed by atoms with E-state index in [4.69, 9.17) is 33.3 Å². The van der Waals surface area contributed by atoms with E-state index in [0.29, 0.717) is 39.8 Å². The first kappa shape index (κ1) is 24.3. The Morgan fingerprint density at radius 2 is 2.00 bits per heavy atom. The smallest absolute Gasteiger partial charge is 0.266 e. The van der Waals surface area contributed by atoms with Gasteiger partial charge < -0.3 is 14.0 Å². The molecular formula is C24H22BrClN2O3S2. The molecule has 0 N–H and O–H groups in total. The van der Waals surface area contributed by atoms with Gasteiger partial charge in [0, 0.05) is 40.8 Å². The third-order valence-electron chi connectivity index (χ3n) is 5.19. The zero-order valence-corrected chi connectivity index (χ0v) is 21.9. The van der Waals surface area contributed by atoms with Crippen LogP contribution in [0.25, 0.3) is 17.0 Å². The molecule has 2 heterocycles. The van der Waals surface area contributed by atoms with Crippen LogP contribution in [-0.4, -0.2) is 46.6 Å². The molecule has 0 unspecified atom stereocenters. The van der Waals surface area contributed by atoms with E-state index in [1.54, 1.807) is 12.0 Å². The number of hydrogen-bond acceptors (Lipinski definition) is 5. The highest BCUT2D eigenvalue weighted by molar-refractivity contribution is 9.10. The van der Waals surface area contributed by atoms with Crippen LogP contribution in [-0.2, 0) is 16.1 Å². The molecule has 9 heteroatoms. The molecule has 0 radical (unpaired) electrons. The summed E-state index contributed by atoms with van der Waals surface area (Å²) >= 11 is 16.5. The highest BCUT2D eigenvalue weighted by Crippen LogP contribution is 2.35. The average molecular weight is 566 g/mol. The van der Waals surface area contributed by atoms with Crippen LogP contribution < -0.4 is 4.74 Å².